The van der Waals surface area contributed by atoms with Crippen LogP contribution in [0.3, 0.4) is 0 Å². The van der Waals surface area contributed by atoms with Gasteiger partial charge >= 0.3 is 21.6 Å². The van der Waals surface area contributed by atoms with E-state index in [0.717, 1.165) is 142 Å². The van der Waals surface area contributed by atoms with Gasteiger partial charge in [0.1, 0.15) is 54.8 Å². The van der Waals surface area contributed by atoms with Crippen LogP contribution in [0.25, 0.3) is 0 Å². The van der Waals surface area contributed by atoms with Gasteiger partial charge in [0.2, 0.25) is 17.7 Å². The lowest BCUT2D eigenvalue weighted by Crippen LogP contribution is -2.71. The minimum absolute atomic E-state index is 0.533. The fourth-order valence-corrected chi connectivity index (χ4v) is 14.5. The molecule has 3 saturated heterocycles. The number of carbonyl (C=O) groups is 4. The van der Waals surface area contributed by atoms with E-state index in [9.17, 15) is 68.7 Å². The van der Waals surface area contributed by atoms with Gasteiger partial charge in [-0.1, -0.05) is 128 Å². The number of rotatable bonds is 46. The number of ether oxygens (including phenoxy) is 5. The maximum Gasteiger partial charge on any atom is 0.483 e. The normalized spacial score (nSPS) is 27.7. The minimum Gasteiger partial charge on any atom is -0.479 e. The topological polar surface area (TPSA) is 374 Å². The number of amides is 3. The van der Waals surface area contributed by atoms with Gasteiger partial charge in [0, 0.05) is 20.8 Å². The Kier molecular flexibility index (Phi) is 44.1. The molecule has 3 rings (SSSR count). The largest absolute Gasteiger partial charge is 0.483 e. The van der Waals surface area contributed by atoms with Crippen LogP contribution in [0.2, 0.25) is 0 Å². The van der Waals surface area contributed by atoms with E-state index in [1.165, 1.54) is 68.7 Å². The van der Waals surface area contributed by atoms with Gasteiger partial charge in [-0.15, -0.1) is 0 Å². The molecule has 0 aromatic heterocycles. The van der Waals surface area contributed by atoms with Crippen LogP contribution in [0, 0.1) is 0 Å². The number of hydrogen-bond acceptors (Lipinski definition) is 19. The van der Waals surface area contributed by atoms with Gasteiger partial charge in [-0.05, 0) is 218 Å². The van der Waals surface area contributed by atoms with E-state index in [2.05, 4.69) is 157 Å². The van der Waals surface area contributed by atoms with Gasteiger partial charge in [0.05, 0.1) is 25.4 Å². The molecule has 0 aromatic rings. The maximum absolute atomic E-state index is 13.3. The van der Waals surface area contributed by atoms with Gasteiger partial charge in [-0.2, -0.15) is 4.31 Å². The Morgan fingerprint density at radius 3 is 1.06 bits per heavy atom. The Bertz CT molecular complexity index is 3250. The Morgan fingerprint density at radius 2 is 0.717 bits per heavy atom. The molecule has 602 valence electrons. The molecule has 0 bridgehead atoms. The predicted molar refractivity (Wildman–Crippen MR) is 410 cm³/mol. The first-order valence-corrected chi connectivity index (χ1v) is 40.3. The van der Waals surface area contributed by atoms with Crippen LogP contribution in [0.5, 0.6) is 0 Å². The fourth-order valence-electron chi connectivity index (χ4n) is 12.4. The fraction of sp³-hybridized carbons (Fsp3) is 0.671. The molecule has 0 saturated carbocycles. The van der Waals surface area contributed by atoms with Crippen molar-refractivity contribution in [2.24, 2.45) is 0 Å². The molecule has 3 unspecified atom stereocenters. The molecular weight excluding hydrogens is 1400 g/mol. The van der Waals surface area contributed by atoms with Gasteiger partial charge in [0.25, 0.3) is 0 Å². The molecule has 27 heteroatoms. The quantitative estimate of drug-likeness (QED) is 0.0199. The number of allylic oxidation sites excluding steroid dienone is 21. The molecule has 0 radical (unpaired) electrons. The highest BCUT2D eigenvalue weighted by atomic mass is 31.3. The molecule has 3 amide bonds. The van der Waals surface area contributed by atoms with Gasteiger partial charge in [-0.25, -0.2) is 13.9 Å². The first kappa shape index (κ1) is 95.1. The number of carbonyl (C=O) groups excluding carboxylic acids is 3. The summed E-state index contributed by atoms with van der Waals surface area (Å²) in [4.78, 5) is 70.7. The number of aliphatic carboxylic acids is 1. The monoisotopic (exact) mass is 1530 g/mol. The van der Waals surface area contributed by atoms with Crippen molar-refractivity contribution < 1.29 is 106 Å². The molecular formula is C79H129N3O22P2. The summed E-state index contributed by atoms with van der Waals surface area (Å²) in [5.41, 5.74) is 15.0. The van der Waals surface area contributed by atoms with Gasteiger partial charge in [0.15, 0.2) is 25.0 Å². The van der Waals surface area contributed by atoms with Crippen LogP contribution < -0.4 is 16.0 Å². The third-order valence-electron chi connectivity index (χ3n) is 18.7. The number of carboxylic acids is 1. The molecule has 3 heterocycles. The Hall–Kier alpha value is -5.12. The molecule has 3 aliphatic heterocycles. The lowest BCUT2D eigenvalue weighted by Gasteiger charge is -2.49. The lowest BCUT2D eigenvalue weighted by atomic mass is 9.93. The van der Waals surface area contributed by atoms with Gasteiger partial charge < -0.3 is 80.1 Å². The van der Waals surface area contributed by atoms with E-state index >= 15 is 0 Å². The van der Waals surface area contributed by atoms with E-state index in [4.69, 9.17) is 32.7 Å². The van der Waals surface area contributed by atoms with E-state index in [0.29, 0.717) is 12.8 Å². The third kappa shape index (κ3) is 37.5. The zero-order valence-electron chi connectivity index (χ0n) is 65.8. The molecule has 0 aromatic carbocycles. The van der Waals surface area contributed by atoms with E-state index in [1.807, 2.05) is 0 Å². The third-order valence-corrected chi connectivity index (χ3v) is 21.3. The first-order valence-electron chi connectivity index (χ1n) is 37.4. The summed E-state index contributed by atoms with van der Waals surface area (Å²) in [5, 5.41) is 72.7. The van der Waals surface area contributed by atoms with E-state index < -0.39 is 144 Å². The van der Waals surface area contributed by atoms with Crippen LogP contribution in [0.4, 0.5) is 0 Å². The summed E-state index contributed by atoms with van der Waals surface area (Å²) >= 11 is 0. The lowest BCUT2D eigenvalue weighted by molar-refractivity contribution is -0.348. The molecule has 0 aliphatic carbocycles. The summed E-state index contributed by atoms with van der Waals surface area (Å²) in [6.45, 7) is 29.0. The van der Waals surface area contributed by atoms with Crippen molar-refractivity contribution in [3.63, 3.8) is 0 Å². The second kappa shape index (κ2) is 49.2. The second-order valence-corrected chi connectivity index (χ2v) is 32.1. The van der Waals surface area contributed by atoms with Crippen molar-refractivity contribution in [1.82, 2.24) is 16.0 Å². The zero-order chi connectivity index (χ0) is 79.4. The summed E-state index contributed by atoms with van der Waals surface area (Å²) in [6, 6.07) is -4.87. The molecule has 3 fully saturated rings. The summed E-state index contributed by atoms with van der Waals surface area (Å²) in [5.74, 6) is -4.12. The highest BCUT2D eigenvalue weighted by Crippen LogP contribution is 2.61. The number of aliphatic hydroxyl groups excluding tert-OH is 5. The number of carboxylic acid groups (broad SMARTS) is 1. The minimum atomic E-state index is -5.76. The van der Waals surface area contributed by atoms with Crippen molar-refractivity contribution >= 4 is 39.3 Å². The first-order chi connectivity index (χ1) is 49.8. The van der Waals surface area contributed by atoms with Crippen LogP contribution in [0.15, 0.2) is 128 Å². The number of nitrogens with one attached hydrogen (secondary N) is 3. The average molecular weight is 1530 g/mol. The van der Waals surface area contributed by atoms with Crippen LogP contribution in [-0.2, 0) is 65.4 Å². The Morgan fingerprint density at radius 1 is 0.396 bits per heavy atom. The number of phosphoric acid groups is 2. The highest BCUT2D eigenvalue weighted by molar-refractivity contribution is 7.61. The molecule has 25 nitrogen and oxygen atoms in total. The molecule has 17 atom stereocenters. The molecule has 0 spiro atoms. The van der Waals surface area contributed by atoms with E-state index in [-0.39, 0.29) is 0 Å². The van der Waals surface area contributed by atoms with Crippen LogP contribution >= 0.6 is 15.6 Å². The number of phosphoric ester groups is 2. The standard InChI is InChI=1S/C79H129N3O22P2/c1-50(2)27-17-28-51(3)29-18-30-52(4)31-19-32-53(5)33-20-34-54(6)35-21-36-55(7)37-22-38-56(8)39-23-40-57(9)41-24-42-58(10)43-25-44-59(11)45-26-46-60(12)47-48-97-105(93,94)104-106(95,96)103-78-68(82-64(16)86)70(88)73(65(49-83)99-78)100-77-67(81-63(15)85)71(89)74(75(102-77)76(91)92)101-79-72(90)69(87)66(61(13)98-79)80-62(14)84/h27,29,31,33,35,37,39,41,43,45,47,61,65-75,77-79,83,87-90H,17-26,28,30,32,34,36,38,40,42,44,46,48-49H2,1-16H3,(H,80,84)(H,81,85)(H,82,86)(H,91,92)(H,93,94)(H,95,96)/b51-29+,52-31+,53-33+,54-35+,55-37+,56-39+,57-41+,58-43+,59-45+,60-47+/t61-,65-,66?,67+,68-,69+,70-,71-,72-,73-,74+,75+,77-,78-,79-/m1/s1. The van der Waals surface area contributed by atoms with Crippen LogP contribution in [0.1, 0.15) is 239 Å². The van der Waals surface area contributed by atoms with Crippen molar-refractivity contribution in [3.05, 3.63) is 128 Å². The smallest absolute Gasteiger partial charge is 0.479 e. The highest BCUT2D eigenvalue weighted by Gasteiger charge is 2.57. The van der Waals surface area contributed by atoms with Crippen LogP contribution in [-0.4, -0.2) is 169 Å². The van der Waals surface area contributed by atoms with Crippen molar-refractivity contribution in [2.45, 2.75) is 331 Å². The number of aliphatic hydroxyl groups is 5. The Balaban J connectivity index is 1.40. The molecule has 3 aliphatic rings. The van der Waals surface area contributed by atoms with Crippen molar-refractivity contribution in [1.29, 1.82) is 0 Å². The summed E-state index contributed by atoms with van der Waals surface area (Å²) in [7, 11) is -11.2. The van der Waals surface area contributed by atoms with Gasteiger partial charge in [-0.3, -0.25) is 23.4 Å². The number of hydrogen-bond donors (Lipinski definition) is 11. The summed E-state index contributed by atoms with van der Waals surface area (Å²) in [6.07, 6.45) is 22.4. The molecule has 106 heavy (non-hydrogen) atoms. The van der Waals surface area contributed by atoms with Crippen molar-refractivity contribution in [3.8, 4) is 0 Å². The molecule has 11 N–H and O–H groups in total. The zero-order valence-corrected chi connectivity index (χ0v) is 67.5. The van der Waals surface area contributed by atoms with Crippen molar-refractivity contribution in [2.75, 3.05) is 13.2 Å². The second-order valence-electron chi connectivity index (χ2n) is 29.1. The average Bonchev–Trinajstić information content (AvgIpc) is 0.768. The van der Waals surface area contributed by atoms with E-state index in [1.54, 1.807) is 6.92 Å². The Labute approximate surface area is 630 Å². The SMILES string of the molecule is CC(=O)NC1[C@@H](C)O[C@H](O[C@H]2[C@H](O)[C@H](NC(C)=O)[C@H](O[C@H]3[C@H](O)[C@@H](NC(C)=O)[C@@H](OP(=O)(O)OP(=O)(O)OC/C=C(\C)CC/C=C(\C)CC/C=C(\C)CC/C=C(\C)CC/C=C(\C)CC/C=C(\C)CC/C=C(\C)CC/C=C(\C)CC/C=C(\C)CC/C=C(\C)CCC=C(C)C)O[C@@H]3CO)O[C@@H]2C(=O)O)[C@H](O)[C@H]1O. The maximum atomic E-state index is 13.3. The summed E-state index contributed by atoms with van der Waals surface area (Å²) < 4.78 is 69.5. The predicted octanol–water partition coefficient (Wildman–Crippen LogP) is 13.5.